The zero-order valence-corrected chi connectivity index (χ0v) is 10.5. The average molecular weight is 252 g/mol. The number of rotatable bonds is 4. The van der Waals surface area contributed by atoms with Crippen LogP contribution in [0, 0.1) is 0 Å². The summed E-state index contributed by atoms with van der Waals surface area (Å²) >= 11 is 6.89. The second-order valence-corrected chi connectivity index (χ2v) is 3.46. The van der Waals surface area contributed by atoms with Crippen LogP contribution < -0.4 is 0 Å². The molecule has 0 N–H and O–H groups in total. The van der Waals surface area contributed by atoms with Crippen molar-refractivity contribution >= 4 is 28.6 Å². The third-order valence-electron chi connectivity index (χ3n) is 0.884. The van der Waals surface area contributed by atoms with Crippen LogP contribution in [0.2, 0.25) is 5.02 Å². The van der Waals surface area contributed by atoms with Crippen molar-refractivity contribution in [2.24, 2.45) is 0 Å². The summed E-state index contributed by atoms with van der Waals surface area (Å²) in [7, 11) is 0. The zero-order valence-electron chi connectivity index (χ0n) is 5.03. The Bertz CT molecular complexity index is 31.6. The molecule has 0 fully saturated rings. The van der Waals surface area contributed by atoms with Crippen LogP contribution in [0.5, 0.6) is 0 Å². The van der Waals surface area contributed by atoms with Crippen LogP contribution in [0.25, 0.3) is 0 Å². The molecule has 8 heavy (non-hydrogen) atoms. The first-order valence-corrected chi connectivity index (χ1v) is 5.40. The summed E-state index contributed by atoms with van der Waals surface area (Å²) in [6, 6.07) is 0. The summed E-state index contributed by atoms with van der Waals surface area (Å²) in [5, 5.41) is 1.43. The van der Waals surface area contributed by atoms with Gasteiger partial charge in [0.05, 0.1) is 0 Å². The first kappa shape index (κ1) is 12.1. The topological polar surface area (TPSA) is 0 Å². The van der Waals surface area contributed by atoms with E-state index in [1.165, 1.54) is 42.6 Å². The van der Waals surface area contributed by atoms with Gasteiger partial charge in [-0.15, -0.1) is 17.0 Å². The minimum atomic E-state index is 0. The Labute approximate surface area is 76.8 Å². The molecule has 0 aromatic rings. The van der Waals surface area contributed by atoms with E-state index in [-0.39, 0.29) is 17.0 Å². The standard InChI is InChI=1S/C5H10Cl.BrH.Zn/c1-2-3-4-5-6;;/h1-5H2;1H;. The van der Waals surface area contributed by atoms with E-state index in [4.69, 9.17) is 11.6 Å². The van der Waals surface area contributed by atoms with Gasteiger partial charge in [0.1, 0.15) is 0 Å². The van der Waals surface area contributed by atoms with Gasteiger partial charge in [-0.05, 0) is 0 Å². The molecule has 0 aromatic carbocycles. The molecule has 0 bridgehead atoms. The van der Waals surface area contributed by atoms with Gasteiger partial charge in [-0.1, -0.05) is 0 Å². The van der Waals surface area contributed by atoms with Crippen LogP contribution in [0.1, 0.15) is 19.3 Å². The fraction of sp³-hybridized carbons (Fsp3) is 1.00. The number of hydrogen-bond acceptors (Lipinski definition) is 0. The first-order valence-electron chi connectivity index (χ1n) is 2.77. The molecule has 0 spiro atoms. The molecule has 0 unspecified atom stereocenters. The van der Waals surface area contributed by atoms with Gasteiger partial charge in [-0.25, -0.2) is 0 Å². The summed E-state index contributed by atoms with van der Waals surface area (Å²) in [5.41, 5.74) is 0. The molecule has 0 atom stereocenters. The minimum absolute atomic E-state index is 0. The summed E-state index contributed by atoms with van der Waals surface area (Å²) in [5.74, 6) is 0.847. The Kier molecular flexibility index (Phi) is 17.0. The van der Waals surface area contributed by atoms with Gasteiger partial charge in [0.25, 0.3) is 0 Å². The Balaban J connectivity index is 0. The SMILES string of the molecule is Br.ClCCCC[CH2][Zn]. The Morgan fingerprint density at radius 3 is 2.12 bits per heavy atom. The molecule has 0 radical (unpaired) electrons. The predicted octanol–water partition coefficient (Wildman–Crippen LogP) is 2.94. The van der Waals surface area contributed by atoms with Crippen LogP contribution in [0.15, 0.2) is 0 Å². The van der Waals surface area contributed by atoms with Crippen molar-refractivity contribution < 1.29 is 18.3 Å². The van der Waals surface area contributed by atoms with Gasteiger partial charge >= 0.3 is 60.1 Å². The van der Waals surface area contributed by atoms with Gasteiger partial charge in [-0.3, -0.25) is 0 Å². The molecule has 0 saturated heterocycles. The number of hydrogen-bond donors (Lipinski definition) is 0. The molecule has 0 aliphatic carbocycles. The van der Waals surface area contributed by atoms with Crippen LogP contribution in [0.3, 0.4) is 0 Å². The molecule has 0 heterocycles. The van der Waals surface area contributed by atoms with Crippen LogP contribution in [-0.2, 0) is 18.3 Å². The van der Waals surface area contributed by atoms with Gasteiger partial charge in [-0.2, -0.15) is 0 Å². The third-order valence-corrected chi connectivity index (χ3v) is 2.20. The van der Waals surface area contributed by atoms with Crippen molar-refractivity contribution in [3.8, 4) is 0 Å². The predicted molar refractivity (Wildman–Crippen MR) is 39.7 cm³/mol. The monoisotopic (exact) mass is 249 g/mol. The fourth-order valence-corrected chi connectivity index (χ4v) is 1.38. The number of unbranched alkanes of at least 4 members (excludes halogenated alkanes) is 2. The van der Waals surface area contributed by atoms with Crippen LogP contribution >= 0.6 is 28.6 Å². The maximum absolute atomic E-state index is 5.45. The van der Waals surface area contributed by atoms with Gasteiger partial charge in [0.15, 0.2) is 0 Å². The molecule has 0 saturated carbocycles. The second-order valence-electron chi connectivity index (χ2n) is 1.60. The molecule has 0 aliphatic rings. The van der Waals surface area contributed by atoms with Crippen molar-refractivity contribution in [2.75, 3.05) is 5.88 Å². The molecular formula is C5H11BrClZn. The summed E-state index contributed by atoms with van der Waals surface area (Å²) in [6.45, 7) is 0. The Morgan fingerprint density at radius 2 is 1.75 bits per heavy atom. The molecule has 0 nitrogen and oxygen atoms in total. The quantitative estimate of drug-likeness (QED) is 0.410. The van der Waals surface area contributed by atoms with Gasteiger partial charge < -0.3 is 0 Å². The van der Waals surface area contributed by atoms with E-state index in [2.05, 4.69) is 0 Å². The molecule has 0 rings (SSSR count). The van der Waals surface area contributed by atoms with Crippen molar-refractivity contribution in [2.45, 2.75) is 24.3 Å². The Hall–Kier alpha value is 1.39. The van der Waals surface area contributed by atoms with E-state index in [1.807, 2.05) is 0 Å². The van der Waals surface area contributed by atoms with Crippen molar-refractivity contribution in [1.29, 1.82) is 0 Å². The normalized spacial score (nSPS) is 8.38. The zero-order chi connectivity index (χ0) is 5.54. The van der Waals surface area contributed by atoms with Crippen LogP contribution in [-0.4, -0.2) is 5.88 Å². The van der Waals surface area contributed by atoms with Gasteiger partial charge in [0.2, 0.25) is 0 Å². The number of halogens is 2. The van der Waals surface area contributed by atoms with Crippen molar-refractivity contribution in [3.63, 3.8) is 0 Å². The van der Waals surface area contributed by atoms with E-state index in [0.29, 0.717) is 0 Å². The van der Waals surface area contributed by atoms with E-state index in [0.717, 1.165) is 5.88 Å². The number of alkyl halides is 1. The van der Waals surface area contributed by atoms with E-state index < -0.39 is 0 Å². The van der Waals surface area contributed by atoms with E-state index in [1.54, 1.807) is 0 Å². The molecule has 0 amide bonds. The van der Waals surface area contributed by atoms with Crippen molar-refractivity contribution in [1.82, 2.24) is 0 Å². The Morgan fingerprint density at radius 1 is 1.12 bits per heavy atom. The second kappa shape index (κ2) is 11.2. The van der Waals surface area contributed by atoms with E-state index >= 15 is 0 Å². The average Bonchev–Trinajstić information content (AvgIpc) is 1.69. The fourth-order valence-electron chi connectivity index (χ4n) is 0.448. The molecular weight excluding hydrogens is 241 g/mol. The first-order chi connectivity index (χ1) is 3.41. The molecule has 3 heteroatoms. The van der Waals surface area contributed by atoms with Crippen molar-refractivity contribution in [3.05, 3.63) is 0 Å². The molecule has 0 aliphatic heterocycles. The van der Waals surface area contributed by atoms with Crippen LogP contribution in [0.4, 0.5) is 0 Å². The third kappa shape index (κ3) is 10.4. The van der Waals surface area contributed by atoms with E-state index in [9.17, 15) is 0 Å². The maximum atomic E-state index is 5.45. The van der Waals surface area contributed by atoms with Gasteiger partial charge in [0, 0.05) is 0 Å². The molecule has 47 valence electrons. The summed E-state index contributed by atoms with van der Waals surface area (Å²) < 4.78 is 0. The molecule has 0 aromatic heterocycles. The summed E-state index contributed by atoms with van der Waals surface area (Å²) in [4.78, 5) is 0. The summed E-state index contributed by atoms with van der Waals surface area (Å²) in [6.07, 6.45) is 3.94.